The standard InChI is InChI=1S/C17H13Cl2NO3/c1-22-12-5-2-10(3-6-12)16-13(9-21)17(23-20-16)11-4-7-14(18)15(19)8-11/h2-8,21H,9H2,1H3. The number of methoxy groups -OCH3 is 1. The molecule has 6 heteroatoms. The molecule has 0 aliphatic carbocycles. The molecule has 0 saturated carbocycles. The lowest BCUT2D eigenvalue weighted by atomic mass is 10.0. The minimum Gasteiger partial charge on any atom is -0.497 e. The molecule has 0 aliphatic rings. The second-order valence-electron chi connectivity index (χ2n) is 4.85. The van der Waals surface area contributed by atoms with E-state index in [4.69, 9.17) is 32.5 Å². The van der Waals surface area contributed by atoms with Crippen molar-refractivity contribution in [1.82, 2.24) is 5.16 Å². The number of aromatic nitrogens is 1. The fraction of sp³-hybridized carbons (Fsp3) is 0.118. The van der Waals surface area contributed by atoms with Crippen LogP contribution in [0.5, 0.6) is 5.75 Å². The number of ether oxygens (including phenoxy) is 1. The smallest absolute Gasteiger partial charge is 0.173 e. The van der Waals surface area contributed by atoms with E-state index in [1.807, 2.05) is 24.3 Å². The molecule has 2 aromatic carbocycles. The number of hydrogen-bond acceptors (Lipinski definition) is 4. The van der Waals surface area contributed by atoms with Gasteiger partial charge >= 0.3 is 0 Å². The lowest BCUT2D eigenvalue weighted by Crippen LogP contribution is -1.90. The van der Waals surface area contributed by atoms with Crippen LogP contribution in [0.3, 0.4) is 0 Å². The molecule has 0 amide bonds. The number of benzene rings is 2. The van der Waals surface area contributed by atoms with Crippen molar-refractivity contribution >= 4 is 23.2 Å². The highest BCUT2D eigenvalue weighted by Crippen LogP contribution is 2.35. The Morgan fingerprint density at radius 1 is 1.04 bits per heavy atom. The summed E-state index contributed by atoms with van der Waals surface area (Å²) < 4.78 is 10.6. The van der Waals surface area contributed by atoms with Gasteiger partial charge in [-0.15, -0.1) is 0 Å². The van der Waals surface area contributed by atoms with Crippen LogP contribution in [0.4, 0.5) is 0 Å². The Balaban J connectivity index is 2.06. The highest BCUT2D eigenvalue weighted by Gasteiger charge is 2.19. The van der Waals surface area contributed by atoms with E-state index >= 15 is 0 Å². The number of halogens is 2. The second kappa shape index (κ2) is 6.62. The van der Waals surface area contributed by atoms with Crippen molar-refractivity contribution in [1.29, 1.82) is 0 Å². The maximum Gasteiger partial charge on any atom is 0.173 e. The summed E-state index contributed by atoms with van der Waals surface area (Å²) in [4.78, 5) is 0. The Morgan fingerprint density at radius 3 is 2.35 bits per heavy atom. The van der Waals surface area contributed by atoms with Gasteiger partial charge in [-0.3, -0.25) is 0 Å². The minimum atomic E-state index is -0.208. The zero-order valence-electron chi connectivity index (χ0n) is 12.2. The molecule has 1 N–H and O–H groups in total. The van der Waals surface area contributed by atoms with Gasteiger partial charge < -0.3 is 14.4 Å². The summed E-state index contributed by atoms with van der Waals surface area (Å²) in [6.45, 7) is -0.208. The van der Waals surface area contributed by atoms with Gasteiger partial charge in [0.1, 0.15) is 11.4 Å². The van der Waals surface area contributed by atoms with Crippen molar-refractivity contribution in [3.05, 3.63) is 58.1 Å². The first kappa shape index (κ1) is 15.9. The van der Waals surface area contributed by atoms with Crippen LogP contribution in [0, 0.1) is 0 Å². The number of aliphatic hydroxyl groups is 1. The van der Waals surface area contributed by atoms with Gasteiger partial charge in [-0.2, -0.15) is 0 Å². The van der Waals surface area contributed by atoms with Crippen molar-refractivity contribution in [3.8, 4) is 28.3 Å². The topological polar surface area (TPSA) is 55.5 Å². The Hall–Kier alpha value is -2.01. The van der Waals surface area contributed by atoms with E-state index in [1.165, 1.54) is 0 Å². The molecule has 3 aromatic rings. The van der Waals surface area contributed by atoms with Crippen molar-refractivity contribution in [2.24, 2.45) is 0 Å². The van der Waals surface area contributed by atoms with Gasteiger partial charge in [0.25, 0.3) is 0 Å². The molecule has 1 aromatic heterocycles. The SMILES string of the molecule is COc1ccc(-c2noc(-c3ccc(Cl)c(Cl)c3)c2CO)cc1. The van der Waals surface area contributed by atoms with Crippen LogP contribution in [-0.4, -0.2) is 17.4 Å². The van der Waals surface area contributed by atoms with Crippen LogP contribution in [0.25, 0.3) is 22.6 Å². The average Bonchev–Trinajstić information content (AvgIpc) is 3.01. The summed E-state index contributed by atoms with van der Waals surface area (Å²) in [5, 5.41) is 14.7. The third-order valence-corrected chi connectivity index (χ3v) is 4.23. The molecule has 0 atom stereocenters. The van der Waals surface area contributed by atoms with E-state index < -0.39 is 0 Å². The molecule has 118 valence electrons. The molecule has 4 nitrogen and oxygen atoms in total. The summed E-state index contributed by atoms with van der Waals surface area (Å²) in [7, 11) is 1.60. The van der Waals surface area contributed by atoms with Gasteiger partial charge in [0.2, 0.25) is 0 Å². The normalized spacial score (nSPS) is 10.8. The fourth-order valence-electron chi connectivity index (χ4n) is 2.30. The first-order chi connectivity index (χ1) is 11.1. The number of aliphatic hydroxyl groups excluding tert-OH is 1. The summed E-state index contributed by atoms with van der Waals surface area (Å²) in [6.07, 6.45) is 0. The number of nitrogens with zero attached hydrogens (tertiary/aromatic N) is 1. The summed E-state index contributed by atoms with van der Waals surface area (Å²) in [6, 6.07) is 12.5. The molecule has 23 heavy (non-hydrogen) atoms. The third-order valence-electron chi connectivity index (χ3n) is 3.49. The molecule has 0 aliphatic heterocycles. The van der Waals surface area contributed by atoms with Crippen molar-refractivity contribution < 1.29 is 14.4 Å². The Labute approximate surface area is 143 Å². The average molecular weight is 350 g/mol. The monoisotopic (exact) mass is 349 g/mol. The molecule has 0 unspecified atom stereocenters. The van der Waals surface area contributed by atoms with Gasteiger partial charge in [0, 0.05) is 11.1 Å². The number of rotatable bonds is 4. The maximum absolute atomic E-state index is 9.75. The quantitative estimate of drug-likeness (QED) is 0.733. The van der Waals surface area contributed by atoms with E-state index in [9.17, 15) is 5.11 Å². The summed E-state index contributed by atoms with van der Waals surface area (Å²) >= 11 is 12.0. The van der Waals surface area contributed by atoms with Gasteiger partial charge in [0.05, 0.1) is 29.3 Å². The highest BCUT2D eigenvalue weighted by atomic mass is 35.5. The number of hydrogen-bond donors (Lipinski definition) is 1. The molecule has 0 saturated heterocycles. The second-order valence-corrected chi connectivity index (χ2v) is 5.67. The van der Waals surface area contributed by atoms with E-state index in [0.717, 1.165) is 11.3 Å². The third kappa shape index (κ3) is 3.06. The first-order valence-corrected chi connectivity index (χ1v) is 7.59. The van der Waals surface area contributed by atoms with Gasteiger partial charge in [-0.05, 0) is 42.5 Å². The lowest BCUT2D eigenvalue weighted by molar-refractivity contribution is 0.281. The maximum atomic E-state index is 9.75. The summed E-state index contributed by atoms with van der Waals surface area (Å²) in [5.74, 6) is 1.21. The van der Waals surface area contributed by atoms with Crippen LogP contribution in [-0.2, 0) is 6.61 Å². The van der Waals surface area contributed by atoms with Crippen LogP contribution in [0.15, 0.2) is 47.0 Å². The zero-order chi connectivity index (χ0) is 16.4. The minimum absolute atomic E-state index is 0.208. The highest BCUT2D eigenvalue weighted by molar-refractivity contribution is 6.42. The molecule has 0 spiro atoms. The van der Waals surface area contributed by atoms with E-state index in [1.54, 1.807) is 25.3 Å². The lowest BCUT2D eigenvalue weighted by Gasteiger charge is -2.04. The molecule has 0 fully saturated rings. The first-order valence-electron chi connectivity index (χ1n) is 6.83. The van der Waals surface area contributed by atoms with Crippen LogP contribution < -0.4 is 4.74 Å². The van der Waals surface area contributed by atoms with E-state index in [0.29, 0.717) is 32.6 Å². The van der Waals surface area contributed by atoms with Crippen molar-refractivity contribution in [3.63, 3.8) is 0 Å². The molecule has 0 radical (unpaired) electrons. The zero-order valence-corrected chi connectivity index (χ0v) is 13.7. The molecular weight excluding hydrogens is 337 g/mol. The predicted octanol–water partition coefficient (Wildman–Crippen LogP) is 4.82. The molecular formula is C17H13Cl2NO3. The van der Waals surface area contributed by atoms with Crippen molar-refractivity contribution in [2.75, 3.05) is 7.11 Å². The molecule has 3 rings (SSSR count). The largest absolute Gasteiger partial charge is 0.497 e. The molecule has 0 bridgehead atoms. The predicted molar refractivity (Wildman–Crippen MR) is 89.9 cm³/mol. The van der Waals surface area contributed by atoms with Crippen LogP contribution in [0.2, 0.25) is 10.0 Å². The Morgan fingerprint density at radius 2 is 1.74 bits per heavy atom. The van der Waals surface area contributed by atoms with Crippen LogP contribution in [0.1, 0.15) is 5.56 Å². The summed E-state index contributed by atoms with van der Waals surface area (Å²) in [5.41, 5.74) is 2.70. The van der Waals surface area contributed by atoms with Crippen LogP contribution >= 0.6 is 23.2 Å². The Kier molecular flexibility index (Phi) is 4.57. The van der Waals surface area contributed by atoms with Gasteiger partial charge in [0.15, 0.2) is 5.76 Å². The Bertz CT molecular complexity index is 828. The fourth-order valence-corrected chi connectivity index (χ4v) is 2.59. The van der Waals surface area contributed by atoms with Gasteiger partial charge in [-0.1, -0.05) is 28.4 Å². The molecule has 1 heterocycles. The van der Waals surface area contributed by atoms with E-state index in [-0.39, 0.29) is 6.61 Å². The van der Waals surface area contributed by atoms with Crippen molar-refractivity contribution in [2.45, 2.75) is 6.61 Å². The van der Waals surface area contributed by atoms with Gasteiger partial charge in [-0.25, -0.2) is 0 Å². The van der Waals surface area contributed by atoms with E-state index in [2.05, 4.69) is 5.16 Å².